The van der Waals surface area contributed by atoms with Crippen molar-refractivity contribution in [1.82, 2.24) is 0 Å². The van der Waals surface area contributed by atoms with E-state index in [4.69, 9.17) is 0 Å². The van der Waals surface area contributed by atoms with E-state index in [0.717, 1.165) is 29.5 Å². The maximum Gasteiger partial charge on any atom is 0.115 e. The highest BCUT2D eigenvalue weighted by Gasteiger charge is 2.60. The molecule has 0 bridgehead atoms. The number of rotatable bonds is 1. The van der Waals surface area contributed by atoms with Gasteiger partial charge in [0.15, 0.2) is 0 Å². The lowest BCUT2D eigenvalue weighted by Crippen LogP contribution is -2.47. The van der Waals surface area contributed by atoms with Crippen molar-refractivity contribution in [2.45, 2.75) is 57.7 Å². The Morgan fingerprint density at radius 2 is 2.08 bits per heavy atom. The number of hydrogen-bond acceptors (Lipinski definition) is 2. The van der Waals surface area contributed by atoms with E-state index in [1.54, 1.807) is 12.1 Å². The first-order valence-corrected chi connectivity index (χ1v) is 9.11. The molecule has 3 heteroatoms. The molecule has 130 valence electrons. The fourth-order valence-corrected chi connectivity index (χ4v) is 6.36. The van der Waals surface area contributed by atoms with Crippen molar-refractivity contribution in [3.8, 4) is 5.75 Å². The number of aromatic hydroxyl groups is 1. The van der Waals surface area contributed by atoms with Crippen LogP contribution in [0.4, 0.5) is 4.39 Å². The zero-order chi connectivity index (χ0) is 17.2. The van der Waals surface area contributed by atoms with E-state index in [9.17, 15) is 10.2 Å². The summed E-state index contributed by atoms with van der Waals surface area (Å²) in [6.45, 7) is 8.31. The lowest BCUT2D eigenvalue weighted by molar-refractivity contribution is -0.0112. The molecule has 2 fully saturated rings. The van der Waals surface area contributed by atoms with Gasteiger partial charge in [0, 0.05) is 11.8 Å². The molecular weight excluding hydrogens is 303 g/mol. The first-order chi connectivity index (χ1) is 11.3. The second-order valence-corrected chi connectivity index (χ2v) is 8.65. The Bertz CT molecular complexity index is 684. The van der Waals surface area contributed by atoms with Crippen molar-refractivity contribution in [2.75, 3.05) is 0 Å². The SMILES string of the molecule is C=C(C)[C@@H]1[C@H]2[C@@H]3CCc4cc(O)ccc4[C@H]3[C@@H](F)C[C@]2(C)C[C@@H]1O. The second kappa shape index (κ2) is 5.32. The lowest BCUT2D eigenvalue weighted by Gasteiger charge is -2.52. The summed E-state index contributed by atoms with van der Waals surface area (Å²) in [6.07, 6.45) is 1.73. The van der Waals surface area contributed by atoms with E-state index >= 15 is 4.39 Å². The molecule has 0 heterocycles. The summed E-state index contributed by atoms with van der Waals surface area (Å²) in [7, 11) is 0. The Labute approximate surface area is 143 Å². The standard InChI is InChI=1S/C21H27FO2/c1-11(2)18-17(24)10-21(3)9-16(22)19-14-7-5-13(23)8-12(14)4-6-15(19)20(18)21/h5,7-8,15-20,23-24H,1,4,6,9-10H2,2-3H3/t15-,16+,17+,18+,19-,20-,21-/m1/s1. The largest absolute Gasteiger partial charge is 0.508 e. The molecule has 0 spiro atoms. The van der Waals surface area contributed by atoms with Crippen LogP contribution in [-0.2, 0) is 6.42 Å². The predicted molar refractivity (Wildman–Crippen MR) is 92.7 cm³/mol. The third kappa shape index (κ3) is 2.17. The molecule has 0 aliphatic heterocycles. The van der Waals surface area contributed by atoms with Crippen molar-refractivity contribution in [3.05, 3.63) is 41.5 Å². The van der Waals surface area contributed by atoms with Gasteiger partial charge in [0.1, 0.15) is 11.9 Å². The van der Waals surface area contributed by atoms with Crippen LogP contribution in [0.15, 0.2) is 30.4 Å². The Kier molecular flexibility index (Phi) is 3.58. The summed E-state index contributed by atoms with van der Waals surface area (Å²) in [5.74, 6) is 0.770. The molecule has 0 unspecified atom stereocenters. The highest BCUT2D eigenvalue weighted by atomic mass is 19.1. The van der Waals surface area contributed by atoms with Gasteiger partial charge in [-0.2, -0.15) is 0 Å². The molecule has 3 aliphatic rings. The van der Waals surface area contributed by atoms with Crippen LogP contribution in [0.25, 0.3) is 0 Å². The van der Waals surface area contributed by atoms with Crippen LogP contribution >= 0.6 is 0 Å². The van der Waals surface area contributed by atoms with Gasteiger partial charge in [-0.3, -0.25) is 0 Å². The number of aliphatic hydroxyl groups is 1. The van der Waals surface area contributed by atoms with Gasteiger partial charge < -0.3 is 10.2 Å². The minimum absolute atomic E-state index is 0.0775. The third-order valence-electron chi connectivity index (χ3n) is 7.06. The number of phenols is 1. The molecule has 0 saturated heterocycles. The van der Waals surface area contributed by atoms with E-state index in [1.165, 1.54) is 0 Å². The van der Waals surface area contributed by atoms with E-state index in [2.05, 4.69) is 13.5 Å². The third-order valence-corrected chi connectivity index (χ3v) is 7.06. The molecule has 1 aromatic rings. The number of fused-ring (bicyclic) bond motifs is 5. The quantitative estimate of drug-likeness (QED) is 0.751. The monoisotopic (exact) mass is 330 g/mol. The van der Waals surface area contributed by atoms with Crippen molar-refractivity contribution in [2.24, 2.45) is 23.2 Å². The number of phenolic OH excluding ortho intramolecular Hbond substituents is 1. The summed E-state index contributed by atoms with van der Waals surface area (Å²) in [5.41, 5.74) is 3.05. The highest BCUT2D eigenvalue weighted by Crippen LogP contribution is 2.64. The van der Waals surface area contributed by atoms with Crippen molar-refractivity contribution >= 4 is 0 Å². The van der Waals surface area contributed by atoms with Gasteiger partial charge in [0.05, 0.1) is 6.10 Å². The van der Waals surface area contributed by atoms with Crippen molar-refractivity contribution < 1.29 is 14.6 Å². The van der Waals surface area contributed by atoms with E-state index in [0.29, 0.717) is 18.8 Å². The van der Waals surface area contributed by atoms with E-state index < -0.39 is 12.3 Å². The molecule has 2 saturated carbocycles. The van der Waals surface area contributed by atoms with Crippen LogP contribution in [0, 0.1) is 23.2 Å². The highest BCUT2D eigenvalue weighted by molar-refractivity contribution is 5.41. The van der Waals surface area contributed by atoms with Gasteiger partial charge in [0.25, 0.3) is 0 Å². The summed E-state index contributed by atoms with van der Waals surface area (Å²) >= 11 is 0. The van der Waals surface area contributed by atoms with Gasteiger partial charge in [-0.1, -0.05) is 25.1 Å². The Hall–Kier alpha value is -1.35. The molecule has 0 radical (unpaired) electrons. The summed E-state index contributed by atoms with van der Waals surface area (Å²) < 4.78 is 15.3. The summed E-state index contributed by atoms with van der Waals surface area (Å²) in [6, 6.07) is 5.39. The Balaban J connectivity index is 1.79. The van der Waals surface area contributed by atoms with Gasteiger partial charge in [-0.25, -0.2) is 4.39 Å². The number of halogens is 1. The van der Waals surface area contributed by atoms with Crippen LogP contribution in [0.2, 0.25) is 0 Å². The molecule has 2 N–H and O–H groups in total. The van der Waals surface area contributed by atoms with Crippen molar-refractivity contribution in [1.29, 1.82) is 0 Å². The van der Waals surface area contributed by atoms with Gasteiger partial charge in [-0.05, 0) is 73.1 Å². The molecular formula is C21H27FO2. The lowest BCUT2D eigenvalue weighted by atomic mass is 9.53. The van der Waals surface area contributed by atoms with Gasteiger partial charge in [-0.15, -0.1) is 0 Å². The zero-order valence-electron chi connectivity index (χ0n) is 14.5. The number of benzene rings is 1. The second-order valence-electron chi connectivity index (χ2n) is 8.65. The predicted octanol–water partition coefficient (Wildman–Crippen LogP) is 4.36. The smallest absolute Gasteiger partial charge is 0.115 e. The minimum atomic E-state index is -0.879. The van der Waals surface area contributed by atoms with Gasteiger partial charge in [0.2, 0.25) is 0 Å². The number of aryl methyl sites for hydroxylation is 1. The molecule has 1 aromatic carbocycles. The molecule has 0 aromatic heterocycles. The maximum atomic E-state index is 15.3. The fraction of sp³-hybridized carbons (Fsp3) is 0.619. The Morgan fingerprint density at radius 1 is 1.33 bits per heavy atom. The maximum absolute atomic E-state index is 15.3. The average Bonchev–Trinajstić information content (AvgIpc) is 2.76. The first kappa shape index (κ1) is 16.1. The summed E-state index contributed by atoms with van der Waals surface area (Å²) in [4.78, 5) is 0. The number of alkyl halides is 1. The van der Waals surface area contributed by atoms with Crippen LogP contribution in [-0.4, -0.2) is 22.5 Å². The summed E-state index contributed by atoms with van der Waals surface area (Å²) in [5, 5.41) is 20.4. The fourth-order valence-electron chi connectivity index (χ4n) is 6.36. The van der Waals surface area contributed by atoms with Crippen LogP contribution in [0.3, 0.4) is 0 Å². The van der Waals surface area contributed by atoms with Crippen LogP contribution in [0.5, 0.6) is 5.75 Å². The minimum Gasteiger partial charge on any atom is -0.508 e. The Morgan fingerprint density at radius 3 is 2.79 bits per heavy atom. The topological polar surface area (TPSA) is 40.5 Å². The average molecular weight is 330 g/mol. The zero-order valence-corrected chi connectivity index (χ0v) is 14.5. The van der Waals surface area contributed by atoms with Gasteiger partial charge >= 0.3 is 0 Å². The van der Waals surface area contributed by atoms with E-state index in [-0.39, 0.29) is 28.9 Å². The number of hydrogen-bond donors (Lipinski definition) is 2. The number of aliphatic hydroxyl groups excluding tert-OH is 1. The molecule has 4 rings (SSSR count). The van der Waals surface area contributed by atoms with Crippen LogP contribution in [0.1, 0.15) is 50.2 Å². The molecule has 24 heavy (non-hydrogen) atoms. The van der Waals surface area contributed by atoms with Crippen molar-refractivity contribution in [3.63, 3.8) is 0 Å². The molecule has 7 atom stereocenters. The van der Waals surface area contributed by atoms with E-state index in [1.807, 2.05) is 13.0 Å². The first-order valence-electron chi connectivity index (χ1n) is 9.11. The molecule has 3 aliphatic carbocycles. The molecule has 0 amide bonds. The normalized spacial score (nSPS) is 43.7. The van der Waals surface area contributed by atoms with Crippen LogP contribution < -0.4 is 0 Å². The molecule has 2 nitrogen and oxygen atoms in total.